The van der Waals surface area contributed by atoms with E-state index < -0.39 is 0 Å². The summed E-state index contributed by atoms with van der Waals surface area (Å²) >= 11 is 1.43. The SMILES string of the molecule is CC(Sc1nnc(-c2cccnc2)n1-c1ccccc1)C(=O)NC1CCCCC1. The van der Waals surface area contributed by atoms with Gasteiger partial charge < -0.3 is 5.32 Å². The Hall–Kier alpha value is -2.67. The number of nitrogens with zero attached hydrogens (tertiary/aromatic N) is 4. The summed E-state index contributed by atoms with van der Waals surface area (Å²) in [5.41, 5.74) is 1.84. The van der Waals surface area contributed by atoms with Gasteiger partial charge in [-0.05, 0) is 44.0 Å². The molecule has 4 rings (SSSR count). The lowest BCUT2D eigenvalue weighted by atomic mass is 9.95. The molecular formula is C22H25N5OS. The number of nitrogens with one attached hydrogen (secondary N) is 1. The Balaban J connectivity index is 1.58. The van der Waals surface area contributed by atoms with Crippen molar-refractivity contribution in [3.63, 3.8) is 0 Å². The molecule has 2 aromatic heterocycles. The second kappa shape index (κ2) is 9.22. The molecule has 1 amide bonds. The zero-order valence-corrected chi connectivity index (χ0v) is 17.3. The fourth-order valence-corrected chi connectivity index (χ4v) is 4.49. The standard InChI is InChI=1S/C22H25N5OS/c1-16(21(28)24-18-10-4-2-5-11-18)29-22-26-25-20(17-9-8-14-23-15-17)27(22)19-12-6-3-7-13-19/h3,6-9,12-16,18H,2,4-5,10-11H2,1H3,(H,24,28). The minimum absolute atomic E-state index is 0.0624. The minimum Gasteiger partial charge on any atom is -0.352 e. The monoisotopic (exact) mass is 407 g/mol. The maximum Gasteiger partial charge on any atom is 0.233 e. The lowest BCUT2D eigenvalue weighted by molar-refractivity contribution is -0.121. The molecule has 1 unspecified atom stereocenters. The van der Waals surface area contributed by atoms with Crippen LogP contribution in [0.2, 0.25) is 0 Å². The van der Waals surface area contributed by atoms with Gasteiger partial charge in [0.05, 0.1) is 5.25 Å². The third-order valence-corrected chi connectivity index (χ3v) is 6.21. The Labute approximate surface area is 175 Å². The third-order valence-electron chi connectivity index (χ3n) is 5.17. The highest BCUT2D eigenvalue weighted by molar-refractivity contribution is 8.00. The van der Waals surface area contributed by atoms with E-state index >= 15 is 0 Å². The Kier molecular flexibility index (Phi) is 6.24. The molecule has 29 heavy (non-hydrogen) atoms. The zero-order chi connectivity index (χ0) is 20.1. The van der Waals surface area contributed by atoms with Gasteiger partial charge in [-0.15, -0.1) is 10.2 Å². The van der Waals surface area contributed by atoms with E-state index in [0.29, 0.717) is 17.0 Å². The summed E-state index contributed by atoms with van der Waals surface area (Å²) in [5, 5.41) is 12.5. The molecule has 1 fully saturated rings. The van der Waals surface area contributed by atoms with Crippen molar-refractivity contribution in [1.82, 2.24) is 25.1 Å². The third kappa shape index (κ3) is 4.67. The number of para-hydroxylation sites is 1. The first-order valence-electron chi connectivity index (χ1n) is 10.1. The van der Waals surface area contributed by atoms with Gasteiger partial charge in [0.15, 0.2) is 11.0 Å². The van der Waals surface area contributed by atoms with Crippen molar-refractivity contribution >= 4 is 17.7 Å². The number of benzene rings is 1. The molecule has 0 spiro atoms. The van der Waals surface area contributed by atoms with Crippen molar-refractivity contribution in [2.24, 2.45) is 0 Å². The van der Waals surface area contributed by atoms with Crippen molar-refractivity contribution in [3.05, 3.63) is 54.9 Å². The number of amides is 1. The quantitative estimate of drug-likeness (QED) is 0.618. The van der Waals surface area contributed by atoms with Crippen molar-refractivity contribution < 1.29 is 4.79 Å². The first kappa shape index (κ1) is 19.6. The summed E-state index contributed by atoms with van der Waals surface area (Å²) in [5.74, 6) is 0.777. The van der Waals surface area contributed by atoms with E-state index in [2.05, 4.69) is 20.5 Å². The van der Waals surface area contributed by atoms with Crippen molar-refractivity contribution in [1.29, 1.82) is 0 Å². The molecule has 7 heteroatoms. The van der Waals surface area contributed by atoms with Gasteiger partial charge in [0, 0.05) is 29.7 Å². The smallest absolute Gasteiger partial charge is 0.233 e. The predicted octanol–water partition coefficient (Wildman–Crippen LogP) is 4.26. The summed E-state index contributed by atoms with van der Waals surface area (Å²) in [7, 11) is 0. The molecule has 0 radical (unpaired) electrons. The first-order chi connectivity index (χ1) is 14.2. The van der Waals surface area contributed by atoms with E-state index in [1.807, 2.05) is 54.0 Å². The molecule has 1 aliphatic rings. The highest BCUT2D eigenvalue weighted by atomic mass is 32.2. The van der Waals surface area contributed by atoms with Gasteiger partial charge >= 0.3 is 0 Å². The molecule has 1 aromatic carbocycles. The molecule has 0 aliphatic heterocycles. The number of rotatable bonds is 6. The first-order valence-corrected chi connectivity index (χ1v) is 11.0. The lowest BCUT2D eigenvalue weighted by Gasteiger charge is -2.24. The van der Waals surface area contributed by atoms with E-state index in [9.17, 15) is 4.79 Å². The van der Waals surface area contributed by atoms with Crippen molar-refractivity contribution in [2.45, 2.75) is 55.5 Å². The summed E-state index contributed by atoms with van der Waals surface area (Å²) in [6.07, 6.45) is 9.33. The van der Waals surface area contributed by atoms with Crippen LogP contribution in [0, 0.1) is 0 Å². The fourth-order valence-electron chi connectivity index (χ4n) is 3.62. The van der Waals surface area contributed by atoms with E-state index in [0.717, 1.165) is 24.1 Å². The normalized spacial score (nSPS) is 15.8. The fraction of sp³-hybridized carbons (Fsp3) is 0.364. The van der Waals surface area contributed by atoms with Crippen molar-refractivity contribution in [3.8, 4) is 17.1 Å². The van der Waals surface area contributed by atoms with Crippen LogP contribution in [0.5, 0.6) is 0 Å². The van der Waals surface area contributed by atoms with Gasteiger partial charge in [-0.1, -0.05) is 49.2 Å². The van der Waals surface area contributed by atoms with Crippen LogP contribution in [0.3, 0.4) is 0 Å². The largest absolute Gasteiger partial charge is 0.352 e. The molecule has 0 saturated heterocycles. The molecule has 150 valence electrons. The predicted molar refractivity (Wildman–Crippen MR) is 115 cm³/mol. The van der Waals surface area contributed by atoms with Gasteiger partial charge in [0.2, 0.25) is 5.91 Å². The van der Waals surface area contributed by atoms with E-state index in [1.165, 1.54) is 31.0 Å². The average molecular weight is 408 g/mol. The Bertz CT molecular complexity index is 938. The van der Waals surface area contributed by atoms with Crippen molar-refractivity contribution in [2.75, 3.05) is 0 Å². The molecule has 1 aliphatic carbocycles. The Morgan fingerprint density at radius 2 is 1.90 bits per heavy atom. The van der Waals surface area contributed by atoms with Crippen LogP contribution in [0.25, 0.3) is 17.1 Å². The number of carbonyl (C=O) groups is 1. The van der Waals surface area contributed by atoms with Crippen LogP contribution in [0.15, 0.2) is 60.0 Å². The Morgan fingerprint density at radius 3 is 2.62 bits per heavy atom. The number of hydrogen-bond donors (Lipinski definition) is 1. The average Bonchev–Trinajstić information content (AvgIpc) is 3.19. The number of carbonyl (C=O) groups excluding carboxylic acids is 1. The van der Waals surface area contributed by atoms with Gasteiger partial charge in [-0.3, -0.25) is 14.3 Å². The summed E-state index contributed by atoms with van der Waals surface area (Å²) in [6, 6.07) is 14.1. The summed E-state index contributed by atoms with van der Waals surface area (Å²) < 4.78 is 1.99. The van der Waals surface area contributed by atoms with Crippen LogP contribution in [0.4, 0.5) is 0 Å². The van der Waals surface area contributed by atoms with Crippen LogP contribution in [-0.2, 0) is 4.79 Å². The molecule has 1 N–H and O–H groups in total. The van der Waals surface area contributed by atoms with E-state index in [-0.39, 0.29) is 11.2 Å². The summed E-state index contributed by atoms with van der Waals surface area (Å²) in [6.45, 7) is 1.93. The molecule has 6 nitrogen and oxygen atoms in total. The number of hydrogen-bond acceptors (Lipinski definition) is 5. The minimum atomic E-state index is -0.259. The number of thioether (sulfide) groups is 1. The molecule has 0 bridgehead atoms. The van der Waals surface area contributed by atoms with Crippen LogP contribution >= 0.6 is 11.8 Å². The topological polar surface area (TPSA) is 72.7 Å². The lowest BCUT2D eigenvalue weighted by Crippen LogP contribution is -2.40. The highest BCUT2D eigenvalue weighted by Gasteiger charge is 2.24. The van der Waals surface area contributed by atoms with Gasteiger partial charge in [-0.2, -0.15) is 0 Å². The second-order valence-electron chi connectivity index (χ2n) is 7.32. The summed E-state index contributed by atoms with van der Waals surface area (Å²) in [4.78, 5) is 16.9. The maximum atomic E-state index is 12.7. The molecule has 1 atom stereocenters. The Morgan fingerprint density at radius 1 is 1.10 bits per heavy atom. The van der Waals surface area contributed by atoms with E-state index in [1.54, 1.807) is 12.4 Å². The van der Waals surface area contributed by atoms with Crippen LogP contribution < -0.4 is 5.32 Å². The molecular weight excluding hydrogens is 382 g/mol. The number of pyridine rings is 1. The van der Waals surface area contributed by atoms with Gasteiger partial charge in [0.25, 0.3) is 0 Å². The van der Waals surface area contributed by atoms with Crippen LogP contribution in [0.1, 0.15) is 39.0 Å². The zero-order valence-electron chi connectivity index (χ0n) is 16.5. The van der Waals surface area contributed by atoms with Gasteiger partial charge in [-0.25, -0.2) is 0 Å². The highest BCUT2D eigenvalue weighted by Crippen LogP contribution is 2.30. The molecule has 1 saturated carbocycles. The molecule has 2 heterocycles. The molecule has 3 aromatic rings. The second-order valence-corrected chi connectivity index (χ2v) is 8.63. The maximum absolute atomic E-state index is 12.7. The van der Waals surface area contributed by atoms with Gasteiger partial charge in [0.1, 0.15) is 0 Å². The number of aromatic nitrogens is 4. The van der Waals surface area contributed by atoms with Crippen LogP contribution in [-0.4, -0.2) is 36.9 Å². The van der Waals surface area contributed by atoms with E-state index in [4.69, 9.17) is 0 Å².